The van der Waals surface area contributed by atoms with Crippen LogP contribution in [0.15, 0.2) is 66.7 Å². The number of likely N-dealkylation sites (tertiary alicyclic amines) is 1. The van der Waals surface area contributed by atoms with Crippen molar-refractivity contribution >= 4 is 33.6 Å². The fraction of sp³-hybridized carbons (Fsp3) is 0.353. The van der Waals surface area contributed by atoms with Crippen molar-refractivity contribution in [2.75, 3.05) is 29.7 Å². The van der Waals surface area contributed by atoms with Crippen LogP contribution >= 0.6 is 0 Å². The number of hydrogen-bond donors (Lipinski definition) is 1. The number of benzene rings is 2. The first-order chi connectivity index (χ1) is 22.6. The van der Waals surface area contributed by atoms with E-state index in [-0.39, 0.29) is 23.4 Å². The van der Waals surface area contributed by atoms with E-state index in [0.717, 1.165) is 11.8 Å². The molecule has 1 N–H and O–H groups in total. The van der Waals surface area contributed by atoms with Gasteiger partial charge in [0.25, 0.3) is 16.0 Å². The minimum absolute atomic E-state index is 0.0431. The molecule has 14 heteroatoms. The van der Waals surface area contributed by atoms with Crippen LogP contribution in [0, 0.1) is 19.7 Å². The highest BCUT2D eigenvalue weighted by atomic mass is 32.2. The molecular formula is C34H39FN6O6S. The van der Waals surface area contributed by atoms with Crippen molar-refractivity contribution < 1.29 is 31.4 Å². The van der Waals surface area contributed by atoms with Crippen molar-refractivity contribution in [1.82, 2.24) is 19.7 Å². The molecule has 1 aliphatic heterocycles. The van der Waals surface area contributed by atoms with Crippen molar-refractivity contribution in [3.8, 4) is 11.6 Å². The van der Waals surface area contributed by atoms with Crippen LogP contribution in [-0.4, -0.2) is 65.5 Å². The Hall–Kier alpha value is -4.82. The Balaban J connectivity index is 1.31. The Kier molecular flexibility index (Phi) is 9.87. The Morgan fingerprint density at radius 3 is 2.27 bits per heavy atom. The van der Waals surface area contributed by atoms with Crippen LogP contribution in [0.5, 0.6) is 5.88 Å². The van der Waals surface area contributed by atoms with E-state index in [9.17, 15) is 22.4 Å². The first-order valence-corrected chi connectivity index (χ1v) is 17.3. The van der Waals surface area contributed by atoms with Gasteiger partial charge in [-0.3, -0.25) is 4.79 Å². The fourth-order valence-corrected chi connectivity index (χ4v) is 5.54. The quantitative estimate of drug-likeness (QED) is 0.227. The third-order valence-corrected chi connectivity index (χ3v) is 8.18. The van der Waals surface area contributed by atoms with E-state index < -0.39 is 27.4 Å². The monoisotopic (exact) mass is 678 g/mol. The molecule has 254 valence electrons. The Labute approximate surface area is 279 Å². The molecule has 1 aliphatic rings. The number of nitrogens with zero attached hydrogens (tertiary/aromatic N) is 5. The third kappa shape index (κ3) is 8.17. The Morgan fingerprint density at radius 2 is 1.67 bits per heavy atom. The SMILES string of the molecule is Cc1ccc(-n2nc(C(C)(C)C)cc2N(OS(C)(=O)=O)C(=O)Nc2ccc(OC3CCN(C(=O)c4ccccc4F)CC3)nc2C)cc1. The fourth-order valence-electron chi connectivity index (χ4n) is 5.12. The van der Waals surface area contributed by atoms with E-state index >= 15 is 0 Å². The smallest absolute Gasteiger partial charge is 0.353 e. The molecule has 0 unspecified atom stereocenters. The van der Waals surface area contributed by atoms with Gasteiger partial charge in [-0.2, -0.15) is 13.5 Å². The summed E-state index contributed by atoms with van der Waals surface area (Å²) in [6, 6.07) is 17.2. The average Bonchev–Trinajstić information content (AvgIpc) is 3.47. The molecule has 2 aromatic carbocycles. The second-order valence-electron chi connectivity index (χ2n) is 12.8. The molecule has 5 rings (SSSR count). The van der Waals surface area contributed by atoms with Gasteiger partial charge >= 0.3 is 6.03 Å². The molecule has 0 bridgehead atoms. The van der Waals surface area contributed by atoms with Gasteiger partial charge in [-0.15, -0.1) is 9.35 Å². The first-order valence-electron chi connectivity index (χ1n) is 15.5. The van der Waals surface area contributed by atoms with Gasteiger partial charge in [0, 0.05) is 43.5 Å². The number of nitrogens with one attached hydrogen (secondary N) is 1. The number of rotatable bonds is 8. The number of halogens is 1. The maximum Gasteiger partial charge on any atom is 0.353 e. The number of hydrogen-bond acceptors (Lipinski definition) is 8. The lowest BCUT2D eigenvalue weighted by Gasteiger charge is -2.32. The maximum absolute atomic E-state index is 14.1. The van der Waals surface area contributed by atoms with Crippen LogP contribution in [0.3, 0.4) is 0 Å². The predicted octanol–water partition coefficient (Wildman–Crippen LogP) is 5.93. The van der Waals surface area contributed by atoms with Gasteiger partial charge in [-0.05, 0) is 44.2 Å². The van der Waals surface area contributed by atoms with Crippen molar-refractivity contribution in [3.63, 3.8) is 0 Å². The van der Waals surface area contributed by atoms with Crippen LogP contribution in [0.4, 0.5) is 20.7 Å². The van der Waals surface area contributed by atoms with Gasteiger partial charge in [0.05, 0.1) is 34.6 Å². The largest absolute Gasteiger partial charge is 0.474 e. The van der Waals surface area contributed by atoms with Gasteiger partial charge in [0.15, 0.2) is 5.82 Å². The van der Waals surface area contributed by atoms with Crippen molar-refractivity contribution in [3.05, 3.63) is 95.1 Å². The normalized spacial score (nSPS) is 14.1. The van der Waals surface area contributed by atoms with Crippen LogP contribution in [-0.2, 0) is 19.8 Å². The molecule has 1 fully saturated rings. The van der Waals surface area contributed by atoms with E-state index in [0.29, 0.717) is 59.6 Å². The number of ether oxygens (including phenoxy) is 1. The summed E-state index contributed by atoms with van der Waals surface area (Å²) < 4.78 is 51.6. The molecule has 12 nitrogen and oxygen atoms in total. The highest BCUT2D eigenvalue weighted by Gasteiger charge is 2.31. The number of urea groups is 1. The lowest BCUT2D eigenvalue weighted by molar-refractivity contribution is 0.0583. The van der Waals surface area contributed by atoms with Crippen LogP contribution < -0.4 is 15.1 Å². The number of aryl methyl sites for hydroxylation is 2. The number of piperidine rings is 1. The molecule has 0 spiro atoms. The van der Waals surface area contributed by atoms with Crippen LogP contribution in [0.25, 0.3) is 5.69 Å². The molecule has 3 amide bonds. The molecule has 2 aromatic heterocycles. The number of pyridine rings is 1. The van der Waals surface area contributed by atoms with E-state index in [4.69, 9.17) is 14.1 Å². The number of carbonyl (C=O) groups excluding carboxylic acids is 2. The summed E-state index contributed by atoms with van der Waals surface area (Å²) >= 11 is 0. The summed E-state index contributed by atoms with van der Waals surface area (Å²) in [5.74, 6) is -0.505. The first kappa shape index (κ1) is 34.5. The molecule has 0 saturated carbocycles. The zero-order valence-corrected chi connectivity index (χ0v) is 28.5. The van der Waals surface area contributed by atoms with Gasteiger partial charge in [-0.1, -0.05) is 50.6 Å². The topological polar surface area (TPSA) is 136 Å². The van der Waals surface area contributed by atoms with Crippen molar-refractivity contribution in [2.45, 2.75) is 59.0 Å². The molecule has 4 aromatic rings. The summed E-state index contributed by atoms with van der Waals surface area (Å²) in [7, 11) is -4.16. The Morgan fingerprint density at radius 1 is 1.00 bits per heavy atom. The van der Waals surface area contributed by atoms with Gasteiger partial charge in [0.2, 0.25) is 5.88 Å². The second-order valence-corrected chi connectivity index (χ2v) is 14.3. The van der Waals surface area contributed by atoms with Crippen molar-refractivity contribution in [2.24, 2.45) is 0 Å². The van der Waals surface area contributed by atoms with Gasteiger partial charge in [0.1, 0.15) is 11.9 Å². The Bertz CT molecular complexity index is 1910. The molecule has 0 atom stereocenters. The molecule has 48 heavy (non-hydrogen) atoms. The number of aromatic nitrogens is 3. The molecule has 3 heterocycles. The highest BCUT2D eigenvalue weighted by Crippen LogP contribution is 2.30. The zero-order valence-electron chi connectivity index (χ0n) is 27.7. The minimum Gasteiger partial charge on any atom is -0.474 e. The van der Waals surface area contributed by atoms with Crippen LogP contribution in [0.2, 0.25) is 0 Å². The zero-order chi connectivity index (χ0) is 34.8. The summed E-state index contributed by atoms with van der Waals surface area (Å²) in [5, 5.41) is 8.06. The van der Waals surface area contributed by atoms with E-state index in [2.05, 4.69) is 10.3 Å². The van der Waals surface area contributed by atoms with E-state index in [1.807, 2.05) is 52.0 Å². The third-order valence-electron chi connectivity index (χ3n) is 7.76. The number of amides is 3. The predicted molar refractivity (Wildman–Crippen MR) is 179 cm³/mol. The maximum atomic E-state index is 14.1. The number of anilines is 2. The molecule has 0 aliphatic carbocycles. The lowest BCUT2D eigenvalue weighted by Crippen LogP contribution is -2.42. The standard InChI is InChI=1S/C34H39FN6O6S/c1-22-11-13-24(14-12-22)40-31(21-29(38-40)34(3,4)5)41(47-48(6,44)45)33(43)37-28-15-16-30(36-23(28)2)46-25-17-19-39(20-18-25)32(42)26-9-7-8-10-27(26)35/h7-16,21,25H,17-20H2,1-6H3,(H,37,43). The van der Waals surface area contributed by atoms with E-state index in [1.54, 1.807) is 42.2 Å². The average molecular weight is 679 g/mol. The van der Waals surface area contributed by atoms with Gasteiger partial charge in [-0.25, -0.2) is 18.9 Å². The molecule has 0 radical (unpaired) electrons. The minimum atomic E-state index is -4.16. The molecule has 1 saturated heterocycles. The summed E-state index contributed by atoms with van der Waals surface area (Å²) in [4.78, 5) is 32.6. The van der Waals surface area contributed by atoms with Gasteiger partial charge < -0.3 is 15.0 Å². The molecular weight excluding hydrogens is 639 g/mol. The number of hydroxylamine groups is 1. The lowest BCUT2D eigenvalue weighted by atomic mass is 9.92. The summed E-state index contributed by atoms with van der Waals surface area (Å²) in [6.45, 7) is 10.3. The summed E-state index contributed by atoms with van der Waals surface area (Å²) in [5.41, 5.74) is 2.55. The highest BCUT2D eigenvalue weighted by molar-refractivity contribution is 7.86. The second kappa shape index (κ2) is 13.7. The van der Waals surface area contributed by atoms with E-state index in [1.165, 1.54) is 16.8 Å². The number of carbonyl (C=O) groups is 2. The van der Waals surface area contributed by atoms with Crippen LogP contribution in [0.1, 0.15) is 60.9 Å². The van der Waals surface area contributed by atoms with Crippen molar-refractivity contribution in [1.29, 1.82) is 0 Å². The summed E-state index contributed by atoms with van der Waals surface area (Å²) in [6.07, 6.45) is 1.69.